The van der Waals surface area contributed by atoms with Gasteiger partial charge in [0.2, 0.25) is 0 Å². The summed E-state index contributed by atoms with van der Waals surface area (Å²) in [5.74, 6) is 1.12. The molecule has 2 N–H and O–H groups in total. The van der Waals surface area contributed by atoms with Gasteiger partial charge < -0.3 is 19.4 Å². The Bertz CT molecular complexity index is 1160. The van der Waals surface area contributed by atoms with Gasteiger partial charge in [-0.15, -0.1) is 0 Å². The minimum atomic E-state index is -0.418. The predicted molar refractivity (Wildman–Crippen MR) is 100 cm³/mol. The molecule has 0 aliphatic heterocycles. The van der Waals surface area contributed by atoms with E-state index in [1.807, 2.05) is 30.5 Å². The number of nitrogens with zero attached hydrogens (tertiary/aromatic N) is 1. The molecule has 2 aromatic heterocycles. The molecule has 126 valence electrons. The molecule has 0 bridgehead atoms. The van der Waals surface area contributed by atoms with Crippen LogP contribution in [0.15, 0.2) is 45.8 Å². The van der Waals surface area contributed by atoms with Crippen molar-refractivity contribution in [3.63, 3.8) is 0 Å². The van der Waals surface area contributed by atoms with E-state index in [-0.39, 0.29) is 0 Å². The molecular formula is C18H14BrN3O3. The van der Waals surface area contributed by atoms with Crippen LogP contribution in [-0.2, 0) is 0 Å². The Balaban J connectivity index is 2.09. The number of fused-ring (bicyclic) bond motifs is 2. The standard InChI is InChI=1S/C18H14BrN3O3/c1-24-15-6-11-14(7-16(15)25-2)21-18(23)22-17(11)12-8-20-13-4-3-9(19)5-10(12)13/h3-8,20H,1-2H3,(H,21,22,23). The molecule has 6 nitrogen and oxygen atoms in total. The molecule has 0 amide bonds. The molecular weight excluding hydrogens is 386 g/mol. The van der Waals surface area contributed by atoms with Crippen LogP contribution >= 0.6 is 15.9 Å². The maximum Gasteiger partial charge on any atom is 0.345 e. The second-order valence-electron chi connectivity index (χ2n) is 5.54. The number of halogens is 1. The summed E-state index contributed by atoms with van der Waals surface area (Å²) in [6, 6.07) is 9.49. The maximum absolute atomic E-state index is 12.1. The summed E-state index contributed by atoms with van der Waals surface area (Å²) in [5, 5.41) is 1.75. The SMILES string of the molecule is COc1cc2[nH]c(=O)nc(-c3c[nH]c4ccc(Br)cc34)c2cc1OC. The largest absolute Gasteiger partial charge is 0.493 e. The van der Waals surface area contributed by atoms with E-state index in [1.165, 1.54) is 0 Å². The molecule has 7 heteroatoms. The van der Waals surface area contributed by atoms with Gasteiger partial charge in [-0.05, 0) is 24.3 Å². The lowest BCUT2D eigenvalue weighted by Crippen LogP contribution is -2.11. The third-order valence-corrected chi connectivity index (χ3v) is 4.63. The van der Waals surface area contributed by atoms with Gasteiger partial charge in [0, 0.05) is 38.6 Å². The van der Waals surface area contributed by atoms with Gasteiger partial charge in [0.25, 0.3) is 0 Å². The van der Waals surface area contributed by atoms with Crippen molar-refractivity contribution in [1.82, 2.24) is 15.0 Å². The van der Waals surface area contributed by atoms with Crippen LogP contribution in [0.4, 0.5) is 0 Å². The zero-order valence-electron chi connectivity index (χ0n) is 13.5. The number of aromatic amines is 2. The Kier molecular flexibility index (Phi) is 3.73. The summed E-state index contributed by atoms with van der Waals surface area (Å²) in [6.07, 6.45) is 1.86. The lowest BCUT2D eigenvalue weighted by molar-refractivity contribution is 0.356. The molecule has 0 radical (unpaired) electrons. The summed E-state index contributed by atoms with van der Waals surface area (Å²) in [7, 11) is 3.13. The summed E-state index contributed by atoms with van der Waals surface area (Å²) >= 11 is 3.49. The van der Waals surface area contributed by atoms with Gasteiger partial charge >= 0.3 is 5.69 Å². The van der Waals surface area contributed by atoms with E-state index < -0.39 is 5.69 Å². The maximum atomic E-state index is 12.1. The molecule has 0 aliphatic carbocycles. The lowest BCUT2D eigenvalue weighted by Gasteiger charge is -2.11. The summed E-state index contributed by atoms with van der Waals surface area (Å²) < 4.78 is 11.7. The van der Waals surface area contributed by atoms with Crippen LogP contribution < -0.4 is 15.2 Å². The fraction of sp³-hybridized carbons (Fsp3) is 0.111. The highest BCUT2D eigenvalue weighted by atomic mass is 79.9. The van der Waals surface area contributed by atoms with Gasteiger partial charge in [-0.25, -0.2) is 4.79 Å². The summed E-state index contributed by atoms with van der Waals surface area (Å²) in [6.45, 7) is 0. The van der Waals surface area contributed by atoms with Crippen LogP contribution in [0.3, 0.4) is 0 Å². The molecule has 0 spiro atoms. The topological polar surface area (TPSA) is 80.0 Å². The zero-order valence-corrected chi connectivity index (χ0v) is 15.1. The fourth-order valence-electron chi connectivity index (χ4n) is 2.98. The number of benzene rings is 2. The van der Waals surface area contributed by atoms with Crippen LogP contribution in [-0.4, -0.2) is 29.2 Å². The molecule has 0 saturated heterocycles. The van der Waals surface area contributed by atoms with Crippen LogP contribution in [0.25, 0.3) is 33.1 Å². The fourth-order valence-corrected chi connectivity index (χ4v) is 3.34. The molecule has 0 fully saturated rings. The van der Waals surface area contributed by atoms with Crippen molar-refractivity contribution in [2.75, 3.05) is 14.2 Å². The van der Waals surface area contributed by atoms with Gasteiger partial charge in [0.15, 0.2) is 11.5 Å². The van der Waals surface area contributed by atoms with E-state index in [9.17, 15) is 4.79 Å². The molecule has 25 heavy (non-hydrogen) atoms. The van der Waals surface area contributed by atoms with Gasteiger partial charge in [-0.1, -0.05) is 15.9 Å². The van der Waals surface area contributed by atoms with Crippen molar-refractivity contribution in [3.05, 3.63) is 51.5 Å². The first-order chi connectivity index (χ1) is 12.1. The Morgan fingerprint density at radius 1 is 1.00 bits per heavy atom. The Hall–Kier alpha value is -2.80. The van der Waals surface area contributed by atoms with E-state index >= 15 is 0 Å². The van der Waals surface area contributed by atoms with Crippen molar-refractivity contribution >= 4 is 37.7 Å². The van der Waals surface area contributed by atoms with Crippen molar-refractivity contribution in [1.29, 1.82) is 0 Å². The second kappa shape index (κ2) is 5.93. The van der Waals surface area contributed by atoms with Crippen molar-refractivity contribution in [2.45, 2.75) is 0 Å². The monoisotopic (exact) mass is 399 g/mol. The van der Waals surface area contributed by atoms with Crippen molar-refractivity contribution in [2.24, 2.45) is 0 Å². The molecule has 0 saturated carbocycles. The molecule has 2 heterocycles. The molecule has 0 aliphatic rings. The number of rotatable bonds is 3. The van der Waals surface area contributed by atoms with E-state index in [2.05, 4.69) is 30.9 Å². The highest BCUT2D eigenvalue weighted by Gasteiger charge is 2.16. The number of ether oxygens (including phenoxy) is 2. The van der Waals surface area contributed by atoms with E-state index in [0.717, 1.165) is 26.3 Å². The minimum absolute atomic E-state index is 0.418. The third kappa shape index (κ3) is 2.56. The summed E-state index contributed by atoms with van der Waals surface area (Å²) in [4.78, 5) is 22.3. The number of hydrogen-bond acceptors (Lipinski definition) is 4. The molecule has 0 atom stereocenters. The van der Waals surface area contributed by atoms with Crippen LogP contribution in [0, 0.1) is 0 Å². The molecule has 4 rings (SSSR count). The first-order valence-electron chi connectivity index (χ1n) is 7.54. The number of hydrogen-bond donors (Lipinski definition) is 2. The zero-order chi connectivity index (χ0) is 17.6. The highest BCUT2D eigenvalue weighted by Crippen LogP contribution is 2.37. The average Bonchev–Trinajstić information content (AvgIpc) is 3.02. The van der Waals surface area contributed by atoms with Crippen molar-refractivity contribution < 1.29 is 9.47 Å². The molecule has 2 aromatic carbocycles. The number of H-pyrrole nitrogens is 2. The Labute approximate surface area is 150 Å². The Morgan fingerprint density at radius 3 is 2.52 bits per heavy atom. The first-order valence-corrected chi connectivity index (χ1v) is 8.33. The highest BCUT2D eigenvalue weighted by molar-refractivity contribution is 9.10. The van der Waals surface area contributed by atoms with E-state index in [4.69, 9.17) is 9.47 Å². The van der Waals surface area contributed by atoms with Gasteiger partial charge in [0.1, 0.15) is 0 Å². The third-order valence-electron chi connectivity index (χ3n) is 4.13. The lowest BCUT2D eigenvalue weighted by atomic mass is 10.1. The van der Waals surface area contributed by atoms with Crippen LogP contribution in [0.1, 0.15) is 0 Å². The van der Waals surface area contributed by atoms with Gasteiger partial charge in [-0.3, -0.25) is 0 Å². The van der Waals surface area contributed by atoms with Gasteiger partial charge in [-0.2, -0.15) is 4.98 Å². The van der Waals surface area contributed by atoms with E-state index in [0.29, 0.717) is 22.7 Å². The number of methoxy groups -OCH3 is 2. The second-order valence-corrected chi connectivity index (χ2v) is 6.45. The molecule has 4 aromatic rings. The predicted octanol–water partition coefficient (Wildman–Crippen LogP) is 3.85. The quantitative estimate of drug-likeness (QED) is 0.548. The summed E-state index contributed by atoms with van der Waals surface area (Å²) in [5.41, 5.74) is 2.62. The van der Waals surface area contributed by atoms with Crippen LogP contribution in [0.5, 0.6) is 11.5 Å². The smallest absolute Gasteiger partial charge is 0.345 e. The van der Waals surface area contributed by atoms with Gasteiger partial charge in [0.05, 0.1) is 25.4 Å². The Morgan fingerprint density at radius 2 is 1.76 bits per heavy atom. The minimum Gasteiger partial charge on any atom is -0.493 e. The first kappa shape index (κ1) is 15.7. The molecule has 0 unspecified atom stereocenters. The van der Waals surface area contributed by atoms with Crippen LogP contribution in [0.2, 0.25) is 0 Å². The normalized spacial score (nSPS) is 11.2. The number of nitrogens with one attached hydrogen (secondary N) is 2. The van der Waals surface area contributed by atoms with Crippen molar-refractivity contribution in [3.8, 4) is 22.8 Å². The van der Waals surface area contributed by atoms with E-state index in [1.54, 1.807) is 20.3 Å². The number of aromatic nitrogens is 3. The average molecular weight is 400 g/mol.